The summed E-state index contributed by atoms with van der Waals surface area (Å²) in [5, 5.41) is 13.5. The monoisotopic (exact) mass is 582 g/mol. The number of hydrogen-bond acceptors (Lipinski definition) is 10. The molecular formula is C26H36FN4O8P. The van der Waals surface area contributed by atoms with Crippen LogP contribution in [0.4, 0.5) is 10.2 Å². The number of nitrogen functional groups attached to an aromatic ring is 1. The maximum atomic E-state index is 15.3. The highest BCUT2D eigenvalue weighted by Gasteiger charge is 2.56. The van der Waals surface area contributed by atoms with E-state index in [4.69, 9.17) is 24.3 Å². The van der Waals surface area contributed by atoms with Crippen molar-refractivity contribution < 1.29 is 37.4 Å². The number of nitrogens with one attached hydrogen (secondary N) is 1. The van der Waals surface area contributed by atoms with Crippen LogP contribution >= 0.6 is 7.75 Å². The molecular weight excluding hydrogens is 546 g/mol. The van der Waals surface area contributed by atoms with Crippen molar-refractivity contribution in [1.82, 2.24) is 14.6 Å². The quantitative estimate of drug-likeness (QED) is 0.263. The number of benzene rings is 1. The number of anilines is 1. The van der Waals surface area contributed by atoms with Gasteiger partial charge in [0.2, 0.25) is 0 Å². The molecule has 0 radical (unpaired) electrons. The third kappa shape index (κ3) is 6.90. The smallest absolute Gasteiger partial charge is 0.459 e. The predicted molar refractivity (Wildman–Crippen MR) is 143 cm³/mol. The molecule has 4 rings (SSSR count). The fourth-order valence-corrected chi connectivity index (χ4v) is 6.36. The molecule has 40 heavy (non-hydrogen) atoms. The Hall–Kier alpha value is -2.83. The minimum absolute atomic E-state index is 0.0207. The Morgan fingerprint density at radius 1 is 1.30 bits per heavy atom. The third-order valence-corrected chi connectivity index (χ3v) is 8.80. The first-order valence-electron chi connectivity index (χ1n) is 13.4. The average molecular weight is 583 g/mol. The molecule has 1 saturated carbocycles. The molecule has 14 heteroatoms. The topological polar surface area (TPSA) is 164 Å². The van der Waals surface area contributed by atoms with Crippen molar-refractivity contribution >= 4 is 19.5 Å². The summed E-state index contributed by atoms with van der Waals surface area (Å²) in [6.45, 7) is 2.49. The SMILES string of the molecule is CCC1(COP(=O)(NC(C)C(=O)OC2CCCCC2)Oc2ccccc2)OC(n2ccc(N)nc2=O)C(F)C1O. The van der Waals surface area contributed by atoms with Crippen molar-refractivity contribution in [2.45, 2.75) is 88.6 Å². The minimum Gasteiger partial charge on any atom is -0.461 e. The first kappa shape index (κ1) is 30.1. The standard InChI is InChI=1S/C26H36FN4O8P/c1-3-26(22(32)21(27)23(38-26)31-15-14-20(28)29-25(31)34)16-36-40(35,39-19-12-8-5-9-13-19)30-17(2)24(33)37-18-10-6-4-7-11-18/h5,8-9,12-15,17-18,21-23,32H,3-4,6-7,10-11,16H2,1-2H3,(H,30,35)(H2,28,29,34). The van der Waals surface area contributed by atoms with Gasteiger partial charge in [0, 0.05) is 6.20 Å². The molecule has 0 bridgehead atoms. The Morgan fingerprint density at radius 2 is 2.00 bits per heavy atom. The Bertz CT molecular complexity index is 1260. The van der Waals surface area contributed by atoms with E-state index in [1.165, 1.54) is 19.2 Å². The molecule has 0 spiro atoms. The summed E-state index contributed by atoms with van der Waals surface area (Å²) in [5.41, 5.74) is 2.95. The summed E-state index contributed by atoms with van der Waals surface area (Å²) < 4.78 is 53.0. The second kappa shape index (κ2) is 12.8. The van der Waals surface area contributed by atoms with E-state index in [2.05, 4.69) is 10.1 Å². The summed E-state index contributed by atoms with van der Waals surface area (Å²) in [5.74, 6) is -0.485. The number of halogens is 1. The molecule has 12 nitrogen and oxygen atoms in total. The predicted octanol–water partition coefficient (Wildman–Crippen LogP) is 3.26. The molecule has 1 saturated heterocycles. The van der Waals surface area contributed by atoms with E-state index >= 15 is 4.39 Å². The van der Waals surface area contributed by atoms with Crippen LogP contribution in [0.2, 0.25) is 0 Å². The van der Waals surface area contributed by atoms with Gasteiger partial charge in [0.1, 0.15) is 35.4 Å². The first-order chi connectivity index (χ1) is 19.1. The molecule has 1 aromatic heterocycles. The van der Waals surface area contributed by atoms with E-state index in [9.17, 15) is 19.3 Å². The second-order valence-corrected chi connectivity index (χ2v) is 11.8. The van der Waals surface area contributed by atoms with Crippen molar-refractivity contribution in [3.63, 3.8) is 0 Å². The van der Waals surface area contributed by atoms with Crippen LogP contribution in [0.1, 0.15) is 58.6 Å². The molecule has 1 aliphatic heterocycles. The number of nitrogens with zero attached hydrogens (tertiary/aromatic N) is 2. The van der Waals surface area contributed by atoms with E-state index in [0.29, 0.717) is 0 Å². The van der Waals surface area contributed by atoms with E-state index in [-0.39, 0.29) is 24.1 Å². The Labute approximate surface area is 231 Å². The van der Waals surface area contributed by atoms with Crippen LogP contribution in [0.25, 0.3) is 0 Å². The molecule has 2 aliphatic rings. The molecule has 2 fully saturated rings. The van der Waals surface area contributed by atoms with E-state index in [1.807, 2.05) is 0 Å². The Balaban J connectivity index is 1.52. The number of rotatable bonds is 11. The number of hydrogen-bond donors (Lipinski definition) is 3. The molecule has 1 aliphatic carbocycles. The van der Waals surface area contributed by atoms with Crippen molar-refractivity contribution in [2.24, 2.45) is 0 Å². The van der Waals surface area contributed by atoms with Crippen molar-refractivity contribution in [2.75, 3.05) is 12.3 Å². The van der Waals surface area contributed by atoms with Crippen LogP contribution < -0.4 is 21.0 Å². The van der Waals surface area contributed by atoms with Crippen molar-refractivity contribution in [1.29, 1.82) is 0 Å². The van der Waals surface area contributed by atoms with E-state index in [0.717, 1.165) is 36.7 Å². The lowest BCUT2D eigenvalue weighted by Gasteiger charge is -2.32. The zero-order valence-electron chi connectivity index (χ0n) is 22.5. The number of carbonyl (C=O) groups excluding carboxylic acids is 1. The maximum absolute atomic E-state index is 15.3. The Kier molecular flexibility index (Phi) is 9.63. The molecule has 1 aromatic carbocycles. The van der Waals surface area contributed by atoms with Gasteiger partial charge in [-0.3, -0.25) is 13.9 Å². The minimum atomic E-state index is -4.33. The summed E-state index contributed by atoms with van der Waals surface area (Å²) in [6, 6.07) is 8.38. The number of carbonyl (C=O) groups is 1. The Morgan fingerprint density at radius 3 is 2.65 bits per heavy atom. The number of aliphatic hydroxyl groups excluding tert-OH is 1. The highest BCUT2D eigenvalue weighted by molar-refractivity contribution is 7.52. The number of ether oxygens (including phenoxy) is 2. The third-order valence-electron chi connectivity index (χ3n) is 7.18. The van der Waals surface area contributed by atoms with Gasteiger partial charge in [0.25, 0.3) is 0 Å². The number of esters is 1. The first-order valence-corrected chi connectivity index (χ1v) is 14.9. The van der Waals surface area contributed by atoms with E-state index < -0.39 is 56.2 Å². The maximum Gasteiger partial charge on any atom is 0.459 e. The van der Waals surface area contributed by atoms with Crippen molar-refractivity contribution in [3.05, 3.63) is 53.1 Å². The van der Waals surface area contributed by atoms with Crippen LogP contribution in [-0.4, -0.2) is 57.3 Å². The molecule has 2 aromatic rings. The fraction of sp³-hybridized carbons (Fsp3) is 0.577. The van der Waals surface area contributed by atoms with Gasteiger partial charge in [-0.05, 0) is 57.2 Å². The van der Waals surface area contributed by atoms with Gasteiger partial charge >= 0.3 is 19.4 Å². The molecule has 220 valence electrons. The zero-order chi connectivity index (χ0) is 28.9. The lowest BCUT2D eigenvalue weighted by atomic mass is 9.94. The second-order valence-electron chi connectivity index (χ2n) is 10.1. The zero-order valence-corrected chi connectivity index (χ0v) is 23.4. The number of nitrogens with two attached hydrogens (primary N) is 1. The summed E-state index contributed by atoms with van der Waals surface area (Å²) in [7, 11) is -4.33. The van der Waals surface area contributed by atoms with Crippen LogP contribution in [-0.2, 0) is 23.4 Å². The summed E-state index contributed by atoms with van der Waals surface area (Å²) in [4.78, 5) is 28.7. The normalized spacial score (nSPS) is 27.6. The summed E-state index contributed by atoms with van der Waals surface area (Å²) >= 11 is 0. The molecule has 6 atom stereocenters. The molecule has 6 unspecified atom stereocenters. The number of aliphatic hydroxyl groups is 1. The molecule has 2 heterocycles. The van der Waals surface area contributed by atoms with E-state index in [1.54, 1.807) is 37.3 Å². The number of para-hydroxylation sites is 1. The van der Waals surface area contributed by atoms with Gasteiger partial charge < -0.3 is 24.8 Å². The van der Waals surface area contributed by atoms with Gasteiger partial charge in [0.05, 0.1) is 6.61 Å². The van der Waals surface area contributed by atoms with Gasteiger partial charge in [-0.1, -0.05) is 31.5 Å². The van der Waals surface area contributed by atoms with Crippen LogP contribution in [0.15, 0.2) is 47.4 Å². The number of alkyl halides is 1. The largest absolute Gasteiger partial charge is 0.461 e. The van der Waals surface area contributed by atoms with Crippen LogP contribution in [0.3, 0.4) is 0 Å². The summed E-state index contributed by atoms with van der Waals surface area (Å²) in [6.07, 6.45) is 0.237. The van der Waals surface area contributed by atoms with Gasteiger partial charge in [-0.15, -0.1) is 0 Å². The highest BCUT2D eigenvalue weighted by Crippen LogP contribution is 2.49. The van der Waals surface area contributed by atoms with Crippen molar-refractivity contribution in [3.8, 4) is 5.75 Å². The van der Waals surface area contributed by atoms with Gasteiger partial charge in [0.15, 0.2) is 12.4 Å². The molecule has 4 N–H and O–H groups in total. The van der Waals surface area contributed by atoms with Crippen LogP contribution in [0, 0.1) is 0 Å². The number of aromatic nitrogens is 2. The lowest BCUT2D eigenvalue weighted by Crippen LogP contribution is -2.46. The fourth-order valence-electron chi connectivity index (χ4n) is 4.81. The average Bonchev–Trinajstić information content (AvgIpc) is 3.18. The van der Waals surface area contributed by atoms with Crippen LogP contribution in [0.5, 0.6) is 5.75 Å². The van der Waals surface area contributed by atoms with Gasteiger partial charge in [-0.25, -0.2) is 13.8 Å². The highest BCUT2D eigenvalue weighted by atomic mass is 31.2. The lowest BCUT2D eigenvalue weighted by molar-refractivity contribution is -0.152. The van der Waals surface area contributed by atoms with Gasteiger partial charge in [-0.2, -0.15) is 10.1 Å². The molecule has 0 amide bonds.